The summed E-state index contributed by atoms with van der Waals surface area (Å²) in [5.74, 6) is 0.0678. The lowest BCUT2D eigenvalue weighted by Gasteiger charge is -2.34. The van der Waals surface area contributed by atoms with Gasteiger partial charge in [-0.2, -0.15) is 0 Å². The van der Waals surface area contributed by atoms with Gasteiger partial charge in [-0.3, -0.25) is 19.7 Å². The van der Waals surface area contributed by atoms with Gasteiger partial charge in [0.25, 0.3) is 17.5 Å². The third kappa shape index (κ3) is 3.89. The van der Waals surface area contributed by atoms with Gasteiger partial charge in [0, 0.05) is 21.4 Å². The number of amides is 2. The Hall–Kier alpha value is -2.59. The van der Waals surface area contributed by atoms with Crippen molar-refractivity contribution in [2.24, 2.45) is 0 Å². The molecule has 2 amide bonds. The Kier molecular flexibility index (Phi) is 5.73. The lowest BCUT2D eigenvalue weighted by Crippen LogP contribution is -2.55. The second-order valence-electron chi connectivity index (χ2n) is 9.08. The molecule has 0 N–H and O–H groups in total. The molecule has 0 radical (unpaired) electrons. The number of carbonyl (C=O) groups is 2. The van der Waals surface area contributed by atoms with Gasteiger partial charge in [-0.15, -0.1) is 11.8 Å². The van der Waals surface area contributed by atoms with Crippen LogP contribution >= 0.6 is 27.7 Å². The minimum atomic E-state index is -0.735. The van der Waals surface area contributed by atoms with Crippen LogP contribution in [0.4, 0.5) is 11.4 Å². The lowest BCUT2D eigenvalue weighted by atomic mass is 9.99. The highest BCUT2D eigenvalue weighted by Crippen LogP contribution is 2.54. The van der Waals surface area contributed by atoms with Crippen LogP contribution in [-0.4, -0.2) is 44.4 Å². The predicted molar refractivity (Wildman–Crippen MR) is 131 cm³/mol. The first-order valence-electron chi connectivity index (χ1n) is 10.3. The first-order valence-corrected chi connectivity index (χ1v) is 11.9. The molecule has 4 rings (SSSR count). The molecule has 1 saturated heterocycles. The van der Waals surface area contributed by atoms with Gasteiger partial charge in [0.05, 0.1) is 34.7 Å². The van der Waals surface area contributed by atoms with Crippen molar-refractivity contribution in [2.45, 2.75) is 49.9 Å². The summed E-state index contributed by atoms with van der Waals surface area (Å²) in [5, 5.41) is 11.6. The van der Waals surface area contributed by atoms with Crippen molar-refractivity contribution in [3.63, 3.8) is 0 Å². The SMILES string of the molecule is COc1ccc(CN2C(=O)C3N(C(=O)c4cc([N+](=O)[O-])cc(Br)c42)C(C)(C)SC3(C)C)cc1. The summed E-state index contributed by atoms with van der Waals surface area (Å²) in [6.07, 6.45) is 0. The first-order chi connectivity index (χ1) is 15.4. The van der Waals surface area contributed by atoms with E-state index in [0.717, 1.165) is 5.56 Å². The Bertz CT molecular complexity index is 1170. The minimum Gasteiger partial charge on any atom is -0.497 e. The van der Waals surface area contributed by atoms with Gasteiger partial charge < -0.3 is 14.5 Å². The normalized spacial score (nSPS) is 20.8. The molecule has 2 heterocycles. The van der Waals surface area contributed by atoms with E-state index in [9.17, 15) is 19.7 Å². The fourth-order valence-corrected chi connectivity index (χ4v) is 7.28. The molecule has 2 aliphatic rings. The molecule has 1 fully saturated rings. The Morgan fingerprint density at radius 3 is 2.36 bits per heavy atom. The van der Waals surface area contributed by atoms with Crippen molar-refractivity contribution >= 4 is 50.9 Å². The van der Waals surface area contributed by atoms with E-state index < -0.39 is 26.5 Å². The van der Waals surface area contributed by atoms with E-state index in [1.807, 2.05) is 39.8 Å². The standard InChI is InChI=1S/C23H24BrN3O5S/c1-22(2)19-21(29)25(12-13-6-8-15(32-5)9-7-13)18-16(10-14(27(30)31)11-17(18)24)20(28)26(19)23(3,4)33-22/h6-11,19H,12H2,1-5H3. The van der Waals surface area contributed by atoms with Crippen molar-refractivity contribution in [1.29, 1.82) is 0 Å². The topological polar surface area (TPSA) is 93.0 Å². The molecule has 0 aromatic heterocycles. The minimum absolute atomic E-state index is 0.131. The van der Waals surface area contributed by atoms with Crippen LogP contribution < -0.4 is 9.64 Å². The van der Waals surface area contributed by atoms with Crippen molar-refractivity contribution in [1.82, 2.24) is 4.90 Å². The van der Waals surface area contributed by atoms with Crippen LogP contribution in [0.25, 0.3) is 0 Å². The third-order valence-corrected chi connectivity index (χ3v) is 8.04. The van der Waals surface area contributed by atoms with Crippen molar-refractivity contribution in [2.75, 3.05) is 12.0 Å². The Labute approximate surface area is 204 Å². The maximum Gasteiger partial charge on any atom is 0.271 e. The smallest absolute Gasteiger partial charge is 0.271 e. The van der Waals surface area contributed by atoms with Gasteiger partial charge in [-0.25, -0.2) is 0 Å². The largest absolute Gasteiger partial charge is 0.497 e. The number of hydrogen-bond acceptors (Lipinski definition) is 6. The number of methoxy groups -OCH3 is 1. The maximum absolute atomic E-state index is 14.1. The molecule has 2 aromatic carbocycles. The van der Waals surface area contributed by atoms with Crippen LogP contribution in [-0.2, 0) is 11.3 Å². The van der Waals surface area contributed by atoms with E-state index in [1.165, 1.54) is 12.1 Å². The number of hydrogen-bond donors (Lipinski definition) is 0. The fourth-order valence-electron chi connectivity index (χ4n) is 4.73. The average molecular weight is 534 g/mol. The number of ether oxygens (including phenoxy) is 1. The Balaban J connectivity index is 1.94. The number of nitro groups is 1. The summed E-state index contributed by atoms with van der Waals surface area (Å²) < 4.78 is 4.99. The van der Waals surface area contributed by atoms with Crippen LogP contribution in [0.2, 0.25) is 0 Å². The van der Waals surface area contributed by atoms with E-state index in [2.05, 4.69) is 15.9 Å². The zero-order valence-corrected chi connectivity index (χ0v) is 21.3. The average Bonchev–Trinajstić information content (AvgIpc) is 2.87. The molecule has 2 aromatic rings. The molecule has 0 saturated carbocycles. The van der Waals surface area contributed by atoms with E-state index in [4.69, 9.17) is 4.74 Å². The lowest BCUT2D eigenvalue weighted by molar-refractivity contribution is -0.384. The molecule has 1 unspecified atom stereocenters. The summed E-state index contributed by atoms with van der Waals surface area (Å²) in [4.78, 5) is 41.4. The number of carbonyl (C=O) groups excluding carboxylic acids is 2. The van der Waals surface area contributed by atoms with Crippen LogP contribution in [0, 0.1) is 10.1 Å². The van der Waals surface area contributed by atoms with Gasteiger partial charge >= 0.3 is 0 Å². The van der Waals surface area contributed by atoms with Crippen LogP contribution in [0.15, 0.2) is 40.9 Å². The van der Waals surface area contributed by atoms with Crippen molar-refractivity contribution < 1.29 is 19.2 Å². The van der Waals surface area contributed by atoms with Gasteiger partial charge in [-0.05, 0) is 61.3 Å². The number of thioether (sulfide) groups is 1. The zero-order valence-electron chi connectivity index (χ0n) is 18.9. The highest BCUT2D eigenvalue weighted by atomic mass is 79.9. The van der Waals surface area contributed by atoms with Crippen molar-refractivity contribution in [3.05, 3.63) is 62.1 Å². The summed E-state index contributed by atoms with van der Waals surface area (Å²) in [7, 11) is 1.58. The fraction of sp³-hybridized carbons (Fsp3) is 0.391. The van der Waals surface area contributed by atoms with E-state index in [0.29, 0.717) is 15.9 Å². The van der Waals surface area contributed by atoms with E-state index in [1.54, 1.807) is 40.8 Å². The van der Waals surface area contributed by atoms with Gasteiger partial charge in [0.15, 0.2) is 0 Å². The Morgan fingerprint density at radius 2 is 1.79 bits per heavy atom. The molecule has 33 heavy (non-hydrogen) atoms. The molecule has 0 bridgehead atoms. The molecular formula is C23H24BrN3O5S. The highest BCUT2D eigenvalue weighted by molar-refractivity contribution is 9.10. The van der Waals surface area contributed by atoms with Gasteiger partial charge in [0.1, 0.15) is 11.8 Å². The number of nitrogens with zero attached hydrogens (tertiary/aromatic N) is 3. The van der Waals surface area contributed by atoms with Crippen LogP contribution in [0.5, 0.6) is 5.75 Å². The number of fused-ring (bicyclic) bond motifs is 2. The van der Waals surface area contributed by atoms with Gasteiger partial charge in [-0.1, -0.05) is 12.1 Å². The number of anilines is 1. The summed E-state index contributed by atoms with van der Waals surface area (Å²) >= 11 is 4.96. The number of nitro benzene ring substituents is 1. The van der Waals surface area contributed by atoms with E-state index in [-0.39, 0.29) is 23.7 Å². The molecule has 174 valence electrons. The number of benzene rings is 2. The number of non-ortho nitro benzene ring substituents is 1. The molecule has 8 nitrogen and oxygen atoms in total. The van der Waals surface area contributed by atoms with Crippen LogP contribution in [0.1, 0.15) is 43.6 Å². The molecule has 2 aliphatic heterocycles. The second-order valence-corrected chi connectivity index (χ2v) is 12.2. The molecule has 0 aliphatic carbocycles. The summed E-state index contributed by atoms with van der Waals surface area (Å²) in [6, 6.07) is 9.19. The first kappa shape index (κ1) is 23.6. The number of rotatable bonds is 4. The quantitative estimate of drug-likeness (QED) is 0.406. The Morgan fingerprint density at radius 1 is 1.15 bits per heavy atom. The molecule has 1 atom stereocenters. The highest BCUT2D eigenvalue weighted by Gasteiger charge is 2.59. The molecule has 10 heteroatoms. The monoisotopic (exact) mass is 533 g/mol. The van der Waals surface area contributed by atoms with Gasteiger partial charge in [0.2, 0.25) is 0 Å². The third-order valence-electron chi connectivity index (χ3n) is 5.99. The molecular weight excluding hydrogens is 510 g/mol. The predicted octanol–water partition coefficient (Wildman–Crippen LogP) is 4.99. The number of halogens is 1. The van der Waals surface area contributed by atoms with Crippen molar-refractivity contribution in [3.8, 4) is 5.75 Å². The molecule has 0 spiro atoms. The summed E-state index contributed by atoms with van der Waals surface area (Å²) in [5.41, 5.74) is 1.10. The summed E-state index contributed by atoms with van der Waals surface area (Å²) in [6.45, 7) is 7.90. The van der Waals surface area contributed by atoms with Crippen LogP contribution in [0.3, 0.4) is 0 Å². The second kappa shape index (κ2) is 8.02. The zero-order chi connectivity index (χ0) is 24.3. The van der Waals surface area contributed by atoms with E-state index >= 15 is 0 Å². The maximum atomic E-state index is 14.1.